The first-order valence-electron chi connectivity index (χ1n) is 7.20. The largest absolute Gasteiger partial charge is 0.338 e. The number of carbonyl (C=O) groups excluding carboxylic acids is 1. The predicted octanol–water partition coefficient (Wildman–Crippen LogP) is 1.91. The molecule has 4 nitrogen and oxygen atoms in total. The molecule has 0 bridgehead atoms. The van der Waals surface area contributed by atoms with Crippen LogP contribution in [0.4, 0.5) is 0 Å². The van der Waals surface area contributed by atoms with Gasteiger partial charge in [-0.15, -0.1) is 0 Å². The third kappa shape index (κ3) is 3.82. The lowest BCUT2D eigenvalue weighted by Gasteiger charge is -2.30. The first-order chi connectivity index (χ1) is 9.72. The van der Waals surface area contributed by atoms with Crippen molar-refractivity contribution in [2.45, 2.75) is 26.3 Å². The van der Waals surface area contributed by atoms with Gasteiger partial charge in [0, 0.05) is 19.5 Å². The van der Waals surface area contributed by atoms with Crippen molar-refractivity contribution in [1.29, 1.82) is 5.26 Å². The van der Waals surface area contributed by atoms with Crippen molar-refractivity contribution in [3.05, 3.63) is 35.4 Å². The summed E-state index contributed by atoms with van der Waals surface area (Å²) in [5.41, 5.74) is 1.74. The van der Waals surface area contributed by atoms with Gasteiger partial charge in [0.05, 0.1) is 11.6 Å². The van der Waals surface area contributed by atoms with E-state index >= 15 is 0 Å². The molecule has 0 aliphatic carbocycles. The van der Waals surface area contributed by atoms with Crippen LogP contribution >= 0.6 is 0 Å². The predicted molar refractivity (Wildman–Crippen MR) is 77.8 cm³/mol. The second-order valence-corrected chi connectivity index (χ2v) is 5.35. The average molecular weight is 271 g/mol. The number of benzene rings is 1. The Balaban J connectivity index is 1.96. The lowest BCUT2D eigenvalue weighted by atomic mass is 9.98. The normalized spacial score (nSPS) is 14.4. The Labute approximate surface area is 120 Å². The van der Waals surface area contributed by atoms with Gasteiger partial charge in [0.1, 0.15) is 0 Å². The molecule has 1 aliphatic heterocycles. The molecule has 0 saturated carbocycles. The highest BCUT2D eigenvalue weighted by Crippen LogP contribution is 2.14. The van der Waals surface area contributed by atoms with E-state index in [4.69, 9.17) is 5.26 Å². The minimum atomic E-state index is 0.239. The number of rotatable bonds is 6. The van der Waals surface area contributed by atoms with E-state index in [-0.39, 0.29) is 5.91 Å². The van der Waals surface area contributed by atoms with Crippen LogP contribution in [-0.2, 0) is 11.3 Å². The molecule has 1 amide bonds. The van der Waals surface area contributed by atoms with E-state index in [1.165, 1.54) is 0 Å². The number of nitrogens with zero attached hydrogens (tertiary/aromatic N) is 2. The molecule has 4 heteroatoms. The van der Waals surface area contributed by atoms with E-state index < -0.39 is 0 Å². The summed E-state index contributed by atoms with van der Waals surface area (Å²) < 4.78 is 0. The highest BCUT2D eigenvalue weighted by Gasteiger charge is 2.23. The summed E-state index contributed by atoms with van der Waals surface area (Å²) in [5.74, 6) is 0.741. The Bertz CT molecular complexity index is 485. The molecule has 0 aromatic heterocycles. The van der Waals surface area contributed by atoms with Gasteiger partial charge in [-0.25, -0.2) is 0 Å². The number of carbonyl (C=O) groups is 1. The van der Waals surface area contributed by atoms with Crippen LogP contribution in [-0.4, -0.2) is 30.4 Å². The summed E-state index contributed by atoms with van der Waals surface area (Å²) in [6.07, 6.45) is 1.61. The Kier molecular flexibility index (Phi) is 5.14. The Morgan fingerprint density at radius 1 is 1.40 bits per heavy atom. The molecule has 1 saturated heterocycles. The molecule has 1 N–H and O–H groups in total. The van der Waals surface area contributed by atoms with E-state index in [1.807, 2.05) is 17.0 Å². The zero-order valence-electron chi connectivity index (χ0n) is 11.9. The van der Waals surface area contributed by atoms with Crippen molar-refractivity contribution >= 4 is 5.91 Å². The molecule has 1 heterocycles. The van der Waals surface area contributed by atoms with E-state index in [2.05, 4.69) is 18.3 Å². The van der Waals surface area contributed by atoms with Crippen molar-refractivity contribution in [3.63, 3.8) is 0 Å². The van der Waals surface area contributed by atoms with Gasteiger partial charge in [0.25, 0.3) is 0 Å². The fourth-order valence-electron chi connectivity index (χ4n) is 2.34. The average Bonchev–Trinajstić information content (AvgIpc) is 2.43. The van der Waals surface area contributed by atoms with Crippen molar-refractivity contribution in [2.24, 2.45) is 5.92 Å². The van der Waals surface area contributed by atoms with E-state index in [0.717, 1.165) is 31.6 Å². The fourth-order valence-corrected chi connectivity index (χ4v) is 2.34. The quantitative estimate of drug-likeness (QED) is 0.860. The lowest BCUT2D eigenvalue weighted by molar-refractivity contribution is -0.133. The monoisotopic (exact) mass is 271 g/mol. The maximum atomic E-state index is 12.3. The van der Waals surface area contributed by atoms with Crippen molar-refractivity contribution in [1.82, 2.24) is 10.2 Å². The summed E-state index contributed by atoms with van der Waals surface area (Å²) >= 11 is 0. The molecular weight excluding hydrogens is 250 g/mol. The van der Waals surface area contributed by atoms with Crippen molar-refractivity contribution in [2.75, 3.05) is 19.6 Å². The number of amides is 1. The molecular formula is C16H21N3O. The molecule has 0 radical (unpaired) electrons. The van der Waals surface area contributed by atoms with E-state index in [1.54, 1.807) is 12.1 Å². The number of hydrogen-bond acceptors (Lipinski definition) is 3. The zero-order valence-corrected chi connectivity index (χ0v) is 11.9. The van der Waals surface area contributed by atoms with Crippen LogP contribution < -0.4 is 5.32 Å². The third-order valence-corrected chi connectivity index (χ3v) is 3.63. The van der Waals surface area contributed by atoms with Gasteiger partial charge in [0.15, 0.2) is 0 Å². The Morgan fingerprint density at radius 3 is 2.60 bits per heavy atom. The molecule has 1 aliphatic rings. The topological polar surface area (TPSA) is 56.1 Å². The smallest absolute Gasteiger partial charge is 0.223 e. The Hall–Kier alpha value is -1.86. The second-order valence-electron chi connectivity index (χ2n) is 5.35. The van der Waals surface area contributed by atoms with Gasteiger partial charge in [0.2, 0.25) is 5.91 Å². The number of hydrogen-bond donors (Lipinski definition) is 1. The molecule has 1 fully saturated rings. The van der Waals surface area contributed by atoms with Crippen LogP contribution in [0.25, 0.3) is 0 Å². The first-order valence-corrected chi connectivity index (χ1v) is 7.20. The standard InChI is InChI=1S/C16H21N3O/c1-2-7-19(16(20)8-15-10-18-11-15)12-14-5-3-13(9-17)4-6-14/h3-6,15,18H,2,7-8,10-12H2,1H3. The molecule has 0 spiro atoms. The fraction of sp³-hybridized carbons (Fsp3) is 0.500. The van der Waals surface area contributed by atoms with Gasteiger partial charge >= 0.3 is 0 Å². The van der Waals surface area contributed by atoms with Crippen LogP contribution in [0.1, 0.15) is 30.9 Å². The van der Waals surface area contributed by atoms with Crippen molar-refractivity contribution in [3.8, 4) is 6.07 Å². The van der Waals surface area contributed by atoms with E-state index in [9.17, 15) is 4.79 Å². The van der Waals surface area contributed by atoms with Gasteiger partial charge in [-0.2, -0.15) is 5.26 Å². The van der Waals surface area contributed by atoms with Gasteiger partial charge in [-0.1, -0.05) is 19.1 Å². The SMILES string of the molecule is CCCN(Cc1ccc(C#N)cc1)C(=O)CC1CNC1. The van der Waals surface area contributed by atoms with Crippen LogP contribution in [0, 0.1) is 17.2 Å². The van der Waals surface area contributed by atoms with Crippen LogP contribution in [0.2, 0.25) is 0 Å². The summed E-state index contributed by atoms with van der Waals surface area (Å²) in [6, 6.07) is 9.58. The molecule has 0 unspecified atom stereocenters. The molecule has 2 rings (SSSR count). The summed E-state index contributed by atoms with van der Waals surface area (Å²) in [4.78, 5) is 14.2. The molecule has 1 aromatic rings. The van der Waals surface area contributed by atoms with Gasteiger partial charge < -0.3 is 10.2 Å². The number of nitriles is 1. The molecule has 0 atom stereocenters. The maximum Gasteiger partial charge on any atom is 0.223 e. The van der Waals surface area contributed by atoms with Crippen molar-refractivity contribution < 1.29 is 4.79 Å². The Morgan fingerprint density at radius 2 is 2.10 bits per heavy atom. The first kappa shape index (κ1) is 14.5. The highest BCUT2D eigenvalue weighted by atomic mass is 16.2. The minimum absolute atomic E-state index is 0.239. The lowest BCUT2D eigenvalue weighted by Crippen LogP contribution is -2.45. The van der Waals surface area contributed by atoms with Crippen LogP contribution in [0.5, 0.6) is 0 Å². The molecule has 20 heavy (non-hydrogen) atoms. The van der Waals surface area contributed by atoms with Crippen LogP contribution in [0.3, 0.4) is 0 Å². The minimum Gasteiger partial charge on any atom is -0.338 e. The molecule has 106 valence electrons. The zero-order chi connectivity index (χ0) is 14.4. The van der Waals surface area contributed by atoms with E-state index in [0.29, 0.717) is 24.4 Å². The summed E-state index contributed by atoms with van der Waals surface area (Å²) in [7, 11) is 0. The van der Waals surface area contributed by atoms with Gasteiger partial charge in [-0.05, 0) is 43.1 Å². The summed E-state index contributed by atoms with van der Waals surface area (Å²) in [5, 5.41) is 12.0. The highest BCUT2D eigenvalue weighted by molar-refractivity contribution is 5.76. The third-order valence-electron chi connectivity index (χ3n) is 3.63. The second kappa shape index (κ2) is 7.06. The summed E-state index contributed by atoms with van der Waals surface area (Å²) in [6.45, 7) is 5.44. The van der Waals surface area contributed by atoms with Crippen LogP contribution in [0.15, 0.2) is 24.3 Å². The molecule has 1 aromatic carbocycles. The number of nitrogens with one attached hydrogen (secondary N) is 1. The van der Waals surface area contributed by atoms with Gasteiger partial charge in [-0.3, -0.25) is 4.79 Å². The maximum absolute atomic E-state index is 12.3.